The second-order valence-corrected chi connectivity index (χ2v) is 7.08. The number of halogens is 2. The van der Waals surface area contributed by atoms with E-state index >= 15 is 0 Å². The van der Waals surface area contributed by atoms with Gasteiger partial charge in [0.2, 0.25) is 0 Å². The van der Waals surface area contributed by atoms with E-state index in [4.69, 9.17) is 0 Å². The van der Waals surface area contributed by atoms with Gasteiger partial charge in [0, 0.05) is 31.0 Å². The van der Waals surface area contributed by atoms with Crippen LogP contribution in [-0.4, -0.2) is 34.8 Å². The van der Waals surface area contributed by atoms with E-state index in [1.807, 2.05) is 42.5 Å². The van der Waals surface area contributed by atoms with Crippen LogP contribution >= 0.6 is 0 Å². The summed E-state index contributed by atoms with van der Waals surface area (Å²) in [5.41, 5.74) is 2.69. The molecule has 2 heterocycles. The number of benzene rings is 2. The maximum Gasteiger partial charge on any atom is 0.258 e. The predicted octanol–water partition coefficient (Wildman–Crippen LogP) is 4.24. The molecular formula is C21H16F2N2O. The molecule has 2 unspecified atom stereocenters. The highest BCUT2D eigenvalue weighted by Gasteiger charge is 2.72. The number of alkyl halides is 2. The van der Waals surface area contributed by atoms with Crippen LogP contribution < -0.4 is 0 Å². The van der Waals surface area contributed by atoms with Gasteiger partial charge in [0.1, 0.15) is 0 Å². The Kier molecular flexibility index (Phi) is 3.17. The third-order valence-corrected chi connectivity index (χ3v) is 5.61. The van der Waals surface area contributed by atoms with Crippen molar-refractivity contribution in [1.82, 2.24) is 9.88 Å². The lowest BCUT2D eigenvalue weighted by molar-refractivity contribution is 0.0459. The molecular weight excluding hydrogens is 334 g/mol. The second kappa shape index (κ2) is 5.34. The number of rotatable bonds is 2. The third-order valence-electron chi connectivity index (χ3n) is 5.61. The lowest BCUT2D eigenvalue weighted by atomic mass is 9.97. The molecule has 1 saturated carbocycles. The van der Waals surface area contributed by atoms with Gasteiger partial charge in [-0.15, -0.1) is 0 Å². The van der Waals surface area contributed by atoms with Gasteiger partial charge in [0.25, 0.3) is 11.8 Å². The zero-order valence-corrected chi connectivity index (χ0v) is 13.9. The first-order chi connectivity index (χ1) is 12.6. The number of pyridine rings is 1. The summed E-state index contributed by atoms with van der Waals surface area (Å²) in [6.07, 6.45) is 3.50. The van der Waals surface area contributed by atoms with E-state index < -0.39 is 17.8 Å². The Bertz CT molecular complexity index is 1000. The fourth-order valence-electron chi connectivity index (χ4n) is 4.06. The van der Waals surface area contributed by atoms with Gasteiger partial charge in [-0.2, -0.15) is 0 Å². The van der Waals surface area contributed by atoms with Crippen molar-refractivity contribution in [2.45, 2.75) is 5.92 Å². The fourth-order valence-corrected chi connectivity index (χ4v) is 4.06. The molecule has 3 nitrogen and oxygen atoms in total. The molecule has 0 radical (unpaired) electrons. The van der Waals surface area contributed by atoms with Gasteiger partial charge < -0.3 is 4.90 Å². The van der Waals surface area contributed by atoms with Gasteiger partial charge >= 0.3 is 0 Å². The molecule has 0 spiro atoms. The highest BCUT2D eigenvalue weighted by Crippen LogP contribution is 2.59. The molecule has 2 atom stereocenters. The first-order valence-corrected chi connectivity index (χ1v) is 8.66. The maximum atomic E-state index is 13.4. The summed E-state index contributed by atoms with van der Waals surface area (Å²) < 4.78 is 26.7. The number of hydrogen-bond acceptors (Lipinski definition) is 2. The normalized spacial score (nSPS) is 23.1. The SMILES string of the molecule is O=C(c1ccc2c(-c3ccncc3)cccc2c1)N1CC2C(C1)C2(F)F. The quantitative estimate of drug-likeness (QED) is 0.693. The minimum Gasteiger partial charge on any atom is -0.338 e. The van der Waals surface area contributed by atoms with Gasteiger partial charge in [-0.05, 0) is 46.2 Å². The van der Waals surface area contributed by atoms with Gasteiger partial charge in [-0.1, -0.05) is 24.3 Å². The summed E-state index contributed by atoms with van der Waals surface area (Å²) in [6, 6.07) is 15.4. The van der Waals surface area contributed by atoms with Crippen LogP contribution in [0.15, 0.2) is 60.9 Å². The molecule has 1 saturated heterocycles. The number of hydrogen-bond donors (Lipinski definition) is 0. The number of likely N-dealkylation sites (tertiary alicyclic amines) is 1. The summed E-state index contributed by atoms with van der Waals surface area (Å²) in [5.74, 6) is -4.03. The summed E-state index contributed by atoms with van der Waals surface area (Å²) in [6.45, 7) is 0.317. The van der Waals surface area contributed by atoms with E-state index in [0.717, 1.165) is 21.9 Å². The van der Waals surface area contributed by atoms with Crippen LogP contribution in [-0.2, 0) is 0 Å². The number of amides is 1. The number of piperidine rings is 1. The molecule has 3 aromatic rings. The lowest BCUT2D eigenvalue weighted by Gasteiger charge is -2.20. The van der Waals surface area contributed by atoms with E-state index in [2.05, 4.69) is 4.98 Å². The van der Waals surface area contributed by atoms with E-state index in [1.165, 1.54) is 0 Å². The van der Waals surface area contributed by atoms with Crippen molar-refractivity contribution < 1.29 is 13.6 Å². The van der Waals surface area contributed by atoms with Crippen LogP contribution in [0.4, 0.5) is 8.78 Å². The molecule has 1 aliphatic carbocycles. The van der Waals surface area contributed by atoms with Crippen LogP contribution in [0.1, 0.15) is 10.4 Å². The molecule has 1 aromatic heterocycles. The molecule has 5 rings (SSSR count). The first kappa shape index (κ1) is 15.4. The van der Waals surface area contributed by atoms with Gasteiger partial charge in [0.05, 0.1) is 11.8 Å². The summed E-state index contributed by atoms with van der Waals surface area (Å²) in [5, 5.41) is 2.01. The molecule has 2 aromatic carbocycles. The Morgan fingerprint density at radius 2 is 1.77 bits per heavy atom. The van der Waals surface area contributed by atoms with Crippen molar-refractivity contribution in [3.05, 3.63) is 66.5 Å². The van der Waals surface area contributed by atoms with Gasteiger partial charge in [-0.25, -0.2) is 8.78 Å². The zero-order valence-electron chi connectivity index (χ0n) is 13.9. The highest BCUT2D eigenvalue weighted by atomic mass is 19.3. The van der Waals surface area contributed by atoms with E-state index in [9.17, 15) is 13.6 Å². The minimum atomic E-state index is -2.57. The maximum absolute atomic E-state index is 13.4. The highest BCUT2D eigenvalue weighted by molar-refractivity contribution is 6.02. The zero-order chi connectivity index (χ0) is 17.9. The average Bonchev–Trinajstić information content (AvgIpc) is 3.02. The van der Waals surface area contributed by atoms with Gasteiger partial charge in [0.15, 0.2) is 0 Å². The molecule has 0 bridgehead atoms. The molecule has 5 heteroatoms. The predicted molar refractivity (Wildman–Crippen MR) is 95.0 cm³/mol. The standard InChI is InChI=1S/C21H16F2N2O/c22-21(23)18-11-25(12-19(18)21)20(26)15-4-5-17-14(10-15)2-1-3-16(17)13-6-8-24-9-7-13/h1-10,18-19H,11-12H2. The molecule has 1 aliphatic heterocycles. The van der Waals surface area contributed by atoms with Crippen molar-refractivity contribution in [3.63, 3.8) is 0 Å². The molecule has 1 amide bonds. The van der Waals surface area contributed by atoms with Crippen molar-refractivity contribution >= 4 is 16.7 Å². The Morgan fingerprint density at radius 1 is 1.04 bits per heavy atom. The van der Waals surface area contributed by atoms with Crippen LogP contribution in [0.5, 0.6) is 0 Å². The van der Waals surface area contributed by atoms with Crippen molar-refractivity contribution in [3.8, 4) is 11.1 Å². The van der Waals surface area contributed by atoms with E-state index in [1.54, 1.807) is 23.4 Å². The Morgan fingerprint density at radius 3 is 2.50 bits per heavy atom. The first-order valence-electron chi connectivity index (χ1n) is 8.66. The number of fused-ring (bicyclic) bond motifs is 2. The van der Waals surface area contributed by atoms with Crippen molar-refractivity contribution in [2.24, 2.45) is 11.8 Å². The monoisotopic (exact) mass is 350 g/mol. The van der Waals surface area contributed by atoms with E-state index in [-0.39, 0.29) is 19.0 Å². The van der Waals surface area contributed by atoms with Gasteiger partial charge in [-0.3, -0.25) is 9.78 Å². The fraction of sp³-hybridized carbons (Fsp3) is 0.238. The Hall–Kier alpha value is -2.82. The average molecular weight is 350 g/mol. The topological polar surface area (TPSA) is 33.2 Å². The lowest BCUT2D eigenvalue weighted by Crippen LogP contribution is -2.33. The number of carbonyl (C=O) groups is 1. The minimum absolute atomic E-state index is 0.158. The number of carbonyl (C=O) groups excluding carboxylic acids is 1. The molecule has 2 fully saturated rings. The number of nitrogens with zero attached hydrogens (tertiary/aromatic N) is 2. The Labute approximate surface area is 149 Å². The van der Waals surface area contributed by atoms with Crippen LogP contribution in [0.25, 0.3) is 21.9 Å². The number of aromatic nitrogens is 1. The summed E-state index contributed by atoms with van der Waals surface area (Å²) >= 11 is 0. The van der Waals surface area contributed by atoms with E-state index in [0.29, 0.717) is 5.56 Å². The van der Waals surface area contributed by atoms with Crippen LogP contribution in [0, 0.1) is 11.8 Å². The Balaban J connectivity index is 1.47. The van der Waals surface area contributed by atoms with Crippen LogP contribution in [0.3, 0.4) is 0 Å². The van der Waals surface area contributed by atoms with Crippen molar-refractivity contribution in [2.75, 3.05) is 13.1 Å². The molecule has 2 aliphatic rings. The summed E-state index contributed by atoms with van der Waals surface area (Å²) in [4.78, 5) is 18.3. The summed E-state index contributed by atoms with van der Waals surface area (Å²) in [7, 11) is 0. The smallest absolute Gasteiger partial charge is 0.258 e. The molecule has 26 heavy (non-hydrogen) atoms. The molecule has 130 valence electrons. The second-order valence-electron chi connectivity index (χ2n) is 7.08. The molecule has 0 N–H and O–H groups in total. The third kappa shape index (κ3) is 2.23. The van der Waals surface area contributed by atoms with Crippen molar-refractivity contribution in [1.29, 1.82) is 0 Å². The van der Waals surface area contributed by atoms with Crippen LogP contribution in [0.2, 0.25) is 0 Å². The largest absolute Gasteiger partial charge is 0.338 e.